The van der Waals surface area contributed by atoms with Gasteiger partial charge in [0.15, 0.2) is 11.5 Å². The van der Waals surface area contributed by atoms with Crippen molar-refractivity contribution in [2.45, 2.75) is 30.9 Å². The Bertz CT molecular complexity index is 1150. The maximum atomic E-state index is 13.0. The lowest BCUT2D eigenvalue weighted by Crippen LogP contribution is -2.78. The summed E-state index contributed by atoms with van der Waals surface area (Å²) in [5, 5.41) is 13.5. The van der Waals surface area contributed by atoms with Crippen molar-refractivity contribution in [3.8, 4) is 6.07 Å². The van der Waals surface area contributed by atoms with Crippen molar-refractivity contribution >= 4 is 59.5 Å². The molecule has 2 radical (unpaired) electrons. The second kappa shape index (κ2) is 8.67. The number of aryl methyl sites for hydroxylation is 1. The van der Waals surface area contributed by atoms with Gasteiger partial charge in [0.25, 0.3) is 5.72 Å². The molecule has 0 bridgehead atoms. The van der Waals surface area contributed by atoms with E-state index in [-0.39, 0.29) is 23.6 Å². The predicted octanol–water partition coefficient (Wildman–Crippen LogP) is -0.912. The maximum Gasteiger partial charge on any atom is 0.378 e. The molecule has 0 spiro atoms. The molecule has 1 aromatic heterocycles. The van der Waals surface area contributed by atoms with E-state index in [2.05, 4.69) is 14.8 Å². The Morgan fingerprint density at radius 2 is 2.27 bits per heavy atom. The number of thiazole rings is 1. The topological polar surface area (TPSA) is 165 Å². The van der Waals surface area contributed by atoms with Gasteiger partial charge in [-0.3, -0.25) is 23.5 Å². The average molecular weight is 490 g/mol. The lowest BCUT2D eigenvalue weighted by Gasteiger charge is -2.56. The van der Waals surface area contributed by atoms with Crippen LogP contribution in [0.2, 0.25) is 0 Å². The van der Waals surface area contributed by atoms with Crippen LogP contribution >= 0.6 is 11.3 Å². The van der Waals surface area contributed by atoms with Crippen LogP contribution in [0.5, 0.6) is 0 Å². The molecule has 3 fully saturated rings. The molecule has 0 unspecified atom stereocenters. The zero-order valence-corrected chi connectivity index (χ0v) is 18.7. The summed E-state index contributed by atoms with van der Waals surface area (Å²) in [6.07, 6.45) is -0.638. The number of ether oxygens (including phenoxy) is 1. The number of hydrogen-bond acceptors (Lipinski definition) is 12. The number of rotatable bonds is 7. The van der Waals surface area contributed by atoms with Gasteiger partial charge in [0.05, 0.1) is 23.3 Å². The zero-order chi connectivity index (χ0) is 23.9. The summed E-state index contributed by atoms with van der Waals surface area (Å²) in [5.74, 6) is -5.30. The standard InChI is InChI=1S/C18H15BN4O8S2/c1-8-21-11(6-32-8)14(22-29-3-2-20)12(24)5-10-15(26)23-16(10)33(28)7-9-4-13(25)30-18(9,23)17(27)31-19/h6,9-10,16H,3-5,7H2,1H3/b22-14-/t9-,10+,16+,18+,33-/m0/s1. The molecule has 3 aliphatic rings. The number of aromatic nitrogens is 1. The van der Waals surface area contributed by atoms with Crippen LogP contribution in [0.15, 0.2) is 10.5 Å². The Kier molecular flexibility index (Phi) is 6.06. The number of oxime groups is 1. The molecule has 0 N–H and O–H groups in total. The lowest BCUT2D eigenvalue weighted by molar-refractivity contribution is -0.218. The van der Waals surface area contributed by atoms with Gasteiger partial charge in [-0.05, 0) is 6.92 Å². The number of carbonyl (C=O) groups excluding carboxylic acids is 4. The largest absolute Gasteiger partial charge is 0.539 e. The summed E-state index contributed by atoms with van der Waals surface area (Å²) in [6, 6.07) is 1.72. The van der Waals surface area contributed by atoms with Crippen molar-refractivity contribution in [3.05, 3.63) is 16.1 Å². The van der Waals surface area contributed by atoms with E-state index in [0.717, 1.165) is 4.90 Å². The molecule has 5 atom stereocenters. The minimum Gasteiger partial charge on any atom is -0.539 e. The van der Waals surface area contributed by atoms with E-state index >= 15 is 0 Å². The predicted molar refractivity (Wildman–Crippen MR) is 110 cm³/mol. The molecule has 3 saturated heterocycles. The first kappa shape index (κ1) is 23.1. The summed E-state index contributed by atoms with van der Waals surface area (Å²) in [4.78, 5) is 60.4. The molecular weight excluding hydrogens is 475 g/mol. The van der Waals surface area contributed by atoms with Crippen molar-refractivity contribution in [1.29, 1.82) is 5.26 Å². The van der Waals surface area contributed by atoms with Gasteiger partial charge in [0.1, 0.15) is 17.1 Å². The fourth-order valence-electron chi connectivity index (χ4n) is 4.24. The molecule has 0 aromatic carbocycles. The van der Waals surface area contributed by atoms with Crippen molar-refractivity contribution in [2.24, 2.45) is 17.0 Å². The number of hydrogen-bond donors (Lipinski definition) is 0. The highest BCUT2D eigenvalue weighted by atomic mass is 32.2. The van der Waals surface area contributed by atoms with E-state index in [9.17, 15) is 23.4 Å². The fraction of sp³-hybridized carbons (Fsp3) is 0.500. The van der Waals surface area contributed by atoms with Crippen molar-refractivity contribution in [1.82, 2.24) is 9.88 Å². The highest BCUT2D eigenvalue weighted by molar-refractivity contribution is 7.85. The molecule has 4 heterocycles. The molecule has 1 aromatic rings. The van der Waals surface area contributed by atoms with Crippen molar-refractivity contribution < 1.29 is 37.6 Å². The number of Topliss-reactive ketones (excluding diaryl/α,β-unsaturated/α-hetero) is 1. The molecule has 4 rings (SSSR count). The van der Waals surface area contributed by atoms with E-state index in [1.165, 1.54) is 11.3 Å². The van der Waals surface area contributed by atoms with Gasteiger partial charge in [-0.25, -0.2) is 9.78 Å². The Labute approximate surface area is 194 Å². The summed E-state index contributed by atoms with van der Waals surface area (Å²) in [6.45, 7) is 1.32. The normalized spacial score (nSPS) is 30.4. The molecule has 1 amide bonds. The van der Waals surface area contributed by atoms with Crippen LogP contribution in [0.3, 0.4) is 0 Å². The number of nitriles is 1. The van der Waals surface area contributed by atoms with Crippen molar-refractivity contribution in [3.63, 3.8) is 0 Å². The molecule has 33 heavy (non-hydrogen) atoms. The second-order valence-electron chi connectivity index (χ2n) is 7.48. The first-order valence-corrected chi connectivity index (χ1v) is 11.9. The molecular formula is C18H15BN4O8S2. The Balaban J connectivity index is 1.60. The van der Waals surface area contributed by atoms with Gasteiger partial charge in [-0.2, -0.15) is 5.26 Å². The molecule has 0 saturated carbocycles. The number of nitrogens with zero attached hydrogens (tertiary/aromatic N) is 4. The number of amides is 1. The summed E-state index contributed by atoms with van der Waals surface area (Å²) in [7, 11) is 3.34. The lowest BCUT2D eigenvalue weighted by atomic mass is 9.84. The van der Waals surface area contributed by atoms with Crippen LogP contribution in [0, 0.1) is 30.1 Å². The van der Waals surface area contributed by atoms with E-state index in [0.29, 0.717) is 5.01 Å². The maximum absolute atomic E-state index is 13.0. The minimum absolute atomic E-state index is 0.114. The van der Waals surface area contributed by atoms with Crippen LogP contribution in [-0.4, -0.2) is 74.9 Å². The monoisotopic (exact) mass is 490 g/mol. The number of β-lactam (4-membered cyclic amide) rings is 1. The van der Waals surface area contributed by atoms with Crippen LogP contribution in [0.25, 0.3) is 0 Å². The first-order chi connectivity index (χ1) is 15.7. The Morgan fingerprint density at radius 3 is 2.91 bits per heavy atom. The molecule has 12 nitrogen and oxygen atoms in total. The third kappa shape index (κ3) is 3.63. The van der Waals surface area contributed by atoms with Crippen LogP contribution in [-0.2, 0) is 44.2 Å². The van der Waals surface area contributed by atoms with Crippen LogP contribution < -0.4 is 0 Å². The van der Waals surface area contributed by atoms with Gasteiger partial charge in [-0.1, -0.05) is 5.16 Å². The van der Waals surface area contributed by atoms with E-state index < -0.39 is 70.4 Å². The van der Waals surface area contributed by atoms with E-state index in [1.54, 1.807) is 18.4 Å². The highest BCUT2D eigenvalue weighted by Crippen LogP contribution is 2.50. The number of carbonyl (C=O) groups is 4. The first-order valence-electron chi connectivity index (χ1n) is 9.60. The third-order valence-electron chi connectivity index (χ3n) is 5.60. The fourth-order valence-corrected chi connectivity index (χ4v) is 6.85. The van der Waals surface area contributed by atoms with Gasteiger partial charge in [0, 0.05) is 28.4 Å². The Hall–Kier alpha value is -3.12. The van der Waals surface area contributed by atoms with Crippen molar-refractivity contribution in [2.75, 3.05) is 12.4 Å². The minimum atomic E-state index is -2.10. The highest BCUT2D eigenvalue weighted by Gasteiger charge is 2.73. The summed E-state index contributed by atoms with van der Waals surface area (Å²) < 4.78 is 22.4. The van der Waals surface area contributed by atoms with E-state index in [1.807, 2.05) is 0 Å². The second-order valence-corrected chi connectivity index (χ2v) is 10.1. The number of fused-ring (bicyclic) bond motifs is 3. The molecule has 170 valence electrons. The van der Waals surface area contributed by atoms with Gasteiger partial charge < -0.3 is 14.2 Å². The van der Waals surface area contributed by atoms with Crippen LogP contribution in [0.4, 0.5) is 0 Å². The number of ketones is 1. The van der Waals surface area contributed by atoms with E-state index in [4.69, 9.17) is 22.9 Å². The third-order valence-corrected chi connectivity index (χ3v) is 8.18. The van der Waals surface area contributed by atoms with Gasteiger partial charge >= 0.3 is 20.0 Å². The number of esters is 1. The molecule has 3 aliphatic heterocycles. The Morgan fingerprint density at radius 1 is 1.52 bits per heavy atom. The SMILES string of the molecule is [B]OC(=O)[C@]12OC(=O)C[C@H]1C[S@](=O)[C@@H]1[C@H](CC(=O)/C(=N\OCC#N)c3csc(C)n3)C(=O)N12. The molecule has 15 heteroatoms. The smallest absolute Gasteiger partial charge is 0.378 e. The molecule has 0 aliphatic carbocycles. The summed E-state index contributed by atoms with van der Waals surface area (Å²) in [5.41, 5.74) is -2.08. The van der Waals surface area contributed by atoms with Crippen LogP contribution in [0.1, 0.15) is 23.5 Å². The average Bonchev–Trinajstić information content (AvgIpc) is 3.35. The van der Waals surface area contributed by atoms with Gasteiger partial charge in [-0.15, -0.1) is 11.3 Å². The summed E-state index contributed by atoms with van der Waals surface area (Å²) >= 11 is 1.26. The zero-order valence-electron chi connectivity index (χ0n) is 17.1. The van der Waals surface area contributed by atoms with Gasteiger partial charge in [0.2, 0.25) is 12.5 Å². The quantitative estimate of drug-likeness (QED) is 0.117.